The number of sulfonamides is 1. The van der Waals surface area contributed by atoms with E-state index in [9.17, 15) is 17.2 Å². The lowest BCUT2D eigenvalue weighted by Crippen LogP contribution is -2.16. The number of benzene rings is 1. The maximum absolute atomic E-state index is 12.0. The summed E-state index contributed by atoms with van der Waals surface area (Å²) in [5.41, 5.74) is 0.204. The van der Waals surface area contributed by atoms with Crippen LogP contribution >= 0.6 is 11.6 Å². The molecule has 0 fully saturated rings. The van der Waals surface area contributed by atoms with Crippen molar-refractivity contribution in [2.75, 3.05) is 10.5 Å². The number of halogens is 3. The first kappa shape index (κ1) is 15.0. The van der Waals surface area contributed by atoms with Gasteiger partial charge in [0.05, 0.1) is 16.5 Å². The summed E-state index contributed by atoms with van der Waals surface area (Å²) in [7, 11) is -3.43. The average molecular weight is 300 g/mol. The van der Waals surface area contributed by atoms with E-state index >= 15 is 0 Å². The molecule has 0 aliphatic rings. The van der Waals surface area contributed by atoms with Crippen molar-refractivity contribution in [3.05, 3.63) is 23.2 Å². The van der Waals surface area contributed by atoms with Crippen molar-refractivity contribution in [1.29, 1.82) is 0 Å². The third-order valence-electron chi connectivity index (χ3n) is 1.89. The van der Waals surface area contributed by atoms with Gasteiger partial charge in [-0.2, -0.15) is 8.78 Å². The third-order valence-corrected chi connectivity index (χ3v) is 3.68. The zero-order valence-electron chi connectivity index (χ0n) is 9.49. The van der Waals surface area contributed by atoms with Crippen molar-refractivity contribution in [3.8, 4) is 5.75 Å². The third kappa shape index (κ3) is 4.66. The highest BCUT2D eigenvalue weighted by Gasteiger charge is 2.12. The Labute approximate surface area is 109 Å². The second kappa shape index (κ2) is 6.19. The molecule has 4 nitrogen and oxygen atoms in total. The molecule has 0 aliphatic heterocycles. The van der Waals surface area contributed by atoms with Crippen LogP contribution in [0.5, 0.6) is 5.75 Å². The van der Waals surface area contributed by atoms with Crippen LogP contribution < -0.4 is 9.46 Å². The predicted octanol–water partition coefficient (Wildman–Crippen LogP) is 3.09. The van der Waals surface area contributed by atoms with Crippen molar-refractivity contribution in [2.24, 2.45) is 0 Å². The predicted molar refractivity (Wildman–Crippen MR) is 65.8 cm³/mol. The maximum Gasteiger partial charge on any atom is 0.387 e. The second-order valence-corrected chi connectivity index (χ2v) is 5.69. The molecule has 102 valence electrons. The Balaban J connectivity index is 2.85. The number of hydrogen-bond acceptors (Lipinski definition) is 3. The molecule has 0 aliphatic carbocycles. The fraction of sp³-hybridized carbons (Fsp3) is 0.400. The van der Waals surface area contributed by atoms with E-state index in [4.69, 9.17) is 11.6 Å². The number of hydrogen-bond donors (Lipinski definition) is 1. The molecule has 0 amide bonds. The Morgan fingerprint density at radius 1 is 1.44 bits per heavy atom. The van der Waals surface area contributed by atoms with Crippen molar-refractivity contribution >= 4 is 27.3 Å². The van der Waals surface area contributed by atoms with Crippen LogP contribution in [0.4, 0.5) is 14.5 Å². The lowest BCUT2D eigenvalue weighted by molar-refractivity contribution is -0.0497. The molecular weight excluding hydrogens is 288 g/mol. The Kier molecular flexibility index (Phi) is 5.15. The molecule has 1 N–H and O–H groups in total. The molecule has 8 heteroatoms. The first-order valence-corrected chi connectivity index (χ1v) is 7.12. The summed E-state index contributed by atoms with van der Waals surface area (Å²) in [6.07, 6.45) is 0.468. The largest absolute Gasteiger partial charge is 0.433 e. The van der Waals surface area contributed by atoms with Crippen molar-refractivity contribution in [3.63, 3.8) is 0 Å². The van der Waals surface area contributed by atoms with Crippen LogP contribution in [-0.2, 0) is 10.0 Å². The van der Waals surface area contributed by atoms with Gasteiger partial charge in [-0.15, -0.1) is 0 Å². The topological polar surface area (TPSA) is 55.4 Å². The summed E-state index contributed by atoms with van der Waals surface area (Å²) in [5.74, 6) is -0.231. The Morgan fingerprint density at radius 2 is 2.11 bits per heavy atom. The molecule has 0 heterocycles. The standard InChI is InChI=1S/C10H12ClF2NO3S/c1-2-5-18(15,16)14-7-3-4-9(8(11)6-7)17-10(12)13/h3-4,6,10,14H,2,5H2,1H3. The van der Waals surface area contributed by atoms with Gasteiger partial charge in [0.1, 0.15) is 5.75 Å². The van der Waals surface area contributed by atoms with Crippen LogP contribution in [0.3, 0.4) is 0 Å². The summed E-state index contributed by atoms with van der Waals surface area (Å²) in [4.78, 5) is 0. The summed E-state index contributed by atoms with van der Waals surface area (Å²) >= 11 is 5.69. The van der Waals surface area contributed by atoms with Gasteiger partial charge >= 0.3 is 6.61 Å². The van der Waals surface area contributed by atoms with Gasteiger partial charge in [0.15, 0.2) is 0 Å². The molecule has 18 heavy (non-hydrogen) atoms. The minimum Gasteiger partial charge on any atom is -0.433 e. The minimum absolute atomic E-state index is 0.0279. The molecule has 0 aromatic heterocycles. The van der Waals surface area contributed by atoms with Crippen molar-refractivity contribution in [1.82, 2.24) is 0 Å². The van der Waals surface area contributed by atoms with Crippen LogP contribution in [0.2, 0.25) is 5.02 Å². The molecule has 0 unspecified atom stereocenters. The van der Waals surface area contributed by atoms with E-state index in [0.717, 1.165) is 0 Å². The first-order chi connectivity index (χ1) is 8.34. The molecule has 0 bridgehead atoms. The molecular formula is C10H12ClF2NO3S. The highest BCUT2D eigenvalue weighted by atomic mass is 35.5. The molecule has 1 aromatic rings. The Bertz CT molecular complexity index is 508. The average Bonchev–Trinajstić information content (AvgIpc) is 2.20. The van der Waals surface area contributed by atoms with E-state index in [1.54, 1.807) is 6.92 Å². The Morgan fingerprint density at radius 3 is 2.61 bits per heavy atom. The number of ether oxygens (including phenoxy) is 1. The maximum atomic E-state index is 12.0. The van der Waals surface area contributed by atoms with Gasteiger partial charge in [0.2, 0.25) is 10.0 Å². The van der Waals surface area contributed by atoms with Gasteiger partial charge in [-0.25, -0.2) is 8.42 Å². The van der Waals surface area contributed by atoms with E-state index in [0.29, 0.717) is 6.42 Å². The van der Waals surface area contributed by atoms with Crippen LogP contribution in [0, 0.1) is 0 Å². The van der Waals surface area contributed by atoms with Crippen LogP contribution in [-0.4, -0.2) is 20.8 Å². The summed E-state index contributed by atoms with van der Waals surface area (Å²) in [6.45, 7) is -1.25. The zero-order chi connectivity index (χ0) is 13.8. The van der Waals surface area contributed by atoms with Crippen LogP contribution in [0.15, 0.2) is 18.2 Å². The molecule has 1 rings (SSSR count). The van der Waals surface area contributed by atoms with Crippen molar-refractivity contribution < 1.29 is 21.9 Å². The highest BCUT2D eigenvalue weighted by Crippen LogP contribution is 2.29. The highest BCUT2D eigenvalue weighted by molar-refractivity contribution is 7.92. The first-order valence-electron chi connectivity index (χ1n) is 5.09. The quantitative estimate of drug-likeness (QED) is 0.878. The summed E-state index contributed by atoms with van der Waals surface area (Å²) in [6, 6.07) is 3.70. The normalized spacial score (nSPS) is 11.6. The molecule has 0 saturated heterocycles. The smallest absolute Gasteiger partial charge is 0.387 e. The molecule has 0 saturated carbocycles. The molecule has 0 spiro atoms. The fourth-order valence-corrected chi connectivity index (χ4v) is 2.61. The summed E-state index contributed by atoms with van der Waals surface area (Å²) in [5, 5.41) is -0.0907. The minimum atomic E-state index is -3.43. The van der Waals surface area contributed by atoms with Gasteiger partial charge in [-0.1, -0.05) is 18.5 Å². The van der Waals surface area contributed by atoms with Gasteiger partial charge in [0.25, 0.3) is 0 Å². The van der Waals surface area contributed by atoms with Gasteiger partial charge in [-0.3, -0.25) is 4.72 Å². The monoisotopic (exact) mass is 299 g/mol. The van der Waals surface area contributed by atoms with Gasteiger partial charge in [-0.05, 0) is 24.6 Å². The second-order valence-electron chi connectivity index (χ2n) is 3.44. The molecule has 0 radical (unpaired) electrons. The lowest BCUT2D eigenvalue weighted by atomic mass is 10.3. The Hall–Kier alpha value is -1.08. The van der Waals surface area contributed by atoms with E-state index in [1.807, 2.05) is 0 Å². The number of alkyl halides is 2. The van der Waals surface area contributed by atoms with Crippen molar-refractivity contribution in [2.45, 2.75) is 20.0 Å². The SMILES string of the molecule is CCCS(=O)(=O)Nc1ccc(OC(F)F)c(Cl)c1. The van der Waals surface area contributed by atoms with Crippen LogP contribution in [0.25, 0.3) is 0 Å². The van der Waals surface area contributed by atoms with Crippen LogP contribution in [0.1, 0.15) is 13.3 Å². The van der Waals surface area contributed by atoms with E-state index < -0.39 is 16.6 Å². The number of rotatable bonds is 6. The van der Waals surface area contributed by atoms with E-state index in [1.165, 1.54) is 18.2 Å². The summed E-state index contributed by atoms with van der Waals surface area (Å²) < 4.78 is 53.3. The van der Waals surface area contributed by atoms with Gasteiger partial charge in [0, 0.05) is 0 Å². The molecule has 0 atom stereocenters. The molecule has 1 aromatic carbocycles. The van der Waals surface area contributed by atoms with Gasteiger partial charge < -0.3 is 4.74 Å². The number of nitrogens with one attached hydrogen (secondary N) is 1. The lowest BCUT2D eigenvalue weighted by Gasteiger charge is -2.10. The van der Waals surface area contributed by atoms with E-state index in [-0.39, 0.29) is 22.2 Å². The van der Waals surface area contributed by atoms with E-state index in [2.05, 4.69) is 9.46 Å². The number of anilines is 1. The fourth-order valence-electron chi connectivity index (χ4n) is 1.26. The zero-order valence-corrected chi connectivity index (χ0v) is 11.1.